The lowest BCUT2D eigenvalue weighted by atomic mass is 10.2. The largest absolute Gasteiger partial charge is 0.488 e. The number of halogens is 7. The zero-order valence-electron chi connectivity index (χ0n) is 53.6. The molecule has 6 rings (SSSR count). The topological polar surface area (TPSA) is 346 Å². The molecule has 3 fully saturated rings. The summed E-state index contributed by atoms with van der Waals surface area (Å²) < 4.78 is 108. The third-order valence-corrected chi connectivity index (χ3v) is 12.9. The first-order valence-corrected chi connectivity index (χ1v) is 28.7. The molecule has 0 aromatic heterocycles. The predicted octanol–water partition coefficient (Wildman–Crippen LogP) is 9.38. The summed E-state index contributed by atoms with van der Waals surface area (Å²) in [5.74, 6) is 6.76. The fraction of sp³-hybridized carbons (Fsp3) is 0.586. The molecule has 0 radical (unpaired) electrons. The van der Waals surface area contributed by atoms with Gasteiger partial charge in [-0.2, -0.15) is 0 Å². The first-order valence-electron chi connectivity index (χ1n) is 27.6. The van der Waals surface area contributed by atoms with Crippen LogP contribution in [0.4, 0.5) is 31.9 Å². The molecule has 3 heterocycles. The van der Waals surface area contributed by atoms with Gasteiger partial charge in [0, 0.05) is 12.1 Å². The molecular weight excluding hydrogens is 1270 g/mol. The van der Waals surface area contributed by atoms with E-state index in [1.807, 2.05) is 26.2 Å². The van der Waals surface area contributed by atoms with Gasteiger partial charge in [0.05, 0.1) is 89.5 Å². The summed E-state index contributed by atoms with van der Waals surface area (Å²) in [6.45, 7) is 30.5. The smallest absolute Gasteiger partial charge is 0.413 e. The number of nitrogen functional groups attached to an aromatic ring is 1. The van der Waals surface area contributed by atoms with Crippen molar-refractivity contribution in [1.82, 2.24) is 20.1 Å². The Labute approximate surface area is 536 Å². The molecule has 510 valence electrons. The molecule has 0 aliphatic carbocycles. The lowest BCUT2D eigenvalue weighted by molar-refractivity contribution is -0.0650. The van der Waals surface area contributed by atoms with Gasteiger partial charge in [-0.1, -0.05) is 34.8 Å². The number of rotatable bonds is 12. The van der Waals surface area contributed by atoms with E-state index < -0.39 is 105 Å². The summed E-state index contributed by atoms with van der Waals surface area (Å²) >= 11 is 17.6. The minimum absolute atomic E-state index is 0. The SMILES string of the molecule is CC(C)(C)OC(=O)N1C(CO)COC1(C)C.CC(C)(C)OC(=O)N1C(COc2cc(Cl)c(C(=O)NN)cc2F)COC1(C)C.CCOC(=O)c1cc(F)c(F)cc1Cl.CCOC(=O)c1cc(F)c(OCC2COC(C)(C)N2C(=O)OC(C)(C)C)cc1Cl.NN.O. The standard InChI is InChI=1S/C20H27ClFNO6.C18H25ClFN3O5.C11H21NO4.C9H7ClF2O2.H4N2.H2O/c1-7-26-17(24)13-8-15(22)16(9-14(13)21)27-10-12-11-28-20(5,6)23(12)18(25)29-19(2,3)4;1-17(2,3)28-16(25)23-10(9-27-18(23,4)5)8-26-14-7-12(19)11(6-13(14)20)15(24)22-21;1-10(2,3)16-9(14)12-8(6-13)7-15-11(12,4)5;1-2-14-9(13)5-3-7(11)8(12)4-6(5)10;1-2;/h8-9,12H,7,10-11H2,1-6H3;6-7,10H,8-9,21H2,1-5H3,(H,22,24);8,13H,6-7H2,1-5H3;3-4H,2H2,1H3;1-2H2;1H2. The second-order valence-corrected chi connectivity index (χ2v) is 25.0. The number of aliphatic hydroxyl groups is 1. The third kappa shape index (κ3) is 24.1. The normalized spacial score (nSPS) is 17.8. The number of benzene rings is 3. The van der Waals surface area contributed by atoms with Gasteiger partial charge in [0.15, 0.2) is 34.8 Å². The number of hydrazine groups is 2. The number of carbonyl (C=O) groups is 6. The number of hydrogen-bond donors (Lipinski definition) is 5. The van der Waals surface area contributed by atoms with Gasteiger partial charge in [-0.3, -0.25) is 36.6 Å². The van der Waals surface area contributed by atoms with Crippen LogP contribution in [0.25, 0.3) is 0 Å². The predicted molar refractivity (Wildman–Crippen MR) is 323 cm³/mol. The Morgan fingerprint density at radius 3 is 1.16 bits per heavy atom. The molecule has 0 spiro atoms. The minimum Gasteiger partial charge on any atom is -0.488 e. The van der Waals surface area contributed by atoms with Crippen LogP contribution in [0, 0.1) is 23.3 Å². The van der Waals surface area contributed by atoms with E-state index in [-0.39, 0.29) is 101 Å². The number of carbonyl (C=O) groups excluding carboxylic acids is 6. The van der Waals surface area contributed by atoms with Gasteiger partial charge in [0.1, 0.15) is 47.2 Å². The number of esters is 2. The van der Waals surface area contributed by atoms with E-state index >= 15 is 0 Å². The first kappa shape index (κ1) is 81.8. The molecule has 3 unspecified atom stereocenters. The molecule has 32 heteroatoms. The maximum Gasteiger partial charge on any atom is 0.413 e. The minimum atomic E-state index is -1.13. The van der Waals surface area contributed by atoms with Gasteiger partial charge in [-0.25, -0.2) is 47.4 Å². The molecule has 10 N–H and O–H groups in total. The van der Waals surface area contributed by atoms with Gasteiger partial charge >= 0.3 is 30.2 Å². The van der Waals surface area contributed by atoms with E-state index in [0.717, 1.165) is 24.3 Å². The Morgan fingerprint density at radius 2 is 0.833 bits per heavy atom. The maximum absolute atomic E-state index is 14.4. The van der Waals surface area contributed by atoms with Crippen LogP contribution in [0.15, 0.2) is 36.4 Å². The summed E-state index contributed by atoms with van der Waals surface area (Å²) in [6, 6.07) is 4.42. The number of nitrogens with two attached hydrogens (primary N) is 3. The van der Waals surface area contributed by atoms with Gasteiger partial charge in [0.2, 0.25) is 0 Å². The molecule has 4 amide bonds. The molecule has 90 heavy (non-hydrogen) atoms. The number of ether oxygens (including phenoxy) is 10. The van der Waals surface area contributed by atoms with Crippen LogP contribution in [0.1, 0.15) is 149 Å². The van der Waals surface area contributed by atoms with Crippen LogP contribution in [0.3, 0.4) is 0 Å². The van der Waals surface area contributed by atoms with Gasteiger partial charge < -0.3 is 58.0 Å². The molecular formula is C58H86Cl3F4N7O18. The van der Waals surface area contributed by atoms with E-state index in [2.05, 4.69) is 16.4 Å². The van der Waals surface area contributed by atoms with Crippen molar-refractivity contribution in [1.29, 1.82) is 0 Å². The molecule has 3 aliphatic rings. The average Bonchev–Trinajstić information content (AvgIpc) is 2.11. The highest BCUT2D eigenvalue weighted by Crippen LogP contribution is 2.35. The summed E-state index contributed by atoms with van der Waals surface area (Å²) in [6.07, 6.45) is -1.56. The van der Waals surface area contributed by atoms with E-state index in [0.29, 0.717) is 6.61 Å². The number of hydrogen-bond acceptors (Lipinski definition) is 20. The molecule has 3 aliphatic heterocycles. The quantitative estimate of drug-likeness (QED) is 0.0214. The number of aliphatic hydroxyl groups excluding tert-OH is 1. The number of nitrogens with zero attached hydrogens (tertiary/aromatic N) is 3. The Bertz CT molecular complexity index is 2930. The Kier molecular flexibility index (Phi) is 31.3. The maximum atomic E-state index is 14.4. The van der Waals surface area contributed by atoms with Crippen molar-refractivity contribution < 1.29 is 104 Å². The van der Waals surface area contributed by atoms with Crippen molar-refractivity contribution in [3.8, 4) is 11.5 Å². The monoisotopic (exact) mass is 1350 g/mol. The highest BCUT2D eigenvalue weighted by Gasteiger charge is 2.48. The van der Waals surface area contributed by atoms with Crippen molar-refractivity contribution >= 4 is 70.9 Å². The zero-order valence-corrected chi connectivity index (χ0v) is 55.8. The van der Waals surface area contributed by atoms with E-state index in [1.54, 1.807) is 96.9 Å². The van der Waals surface area contributed by atoms with Crippen LogP contribution in [0.5, 0.6) is 11.5 Å². The summed E-state index contributed by atoms with van der Waals surface area (Å²) in [5.41, 5.74) is -2.93. The van der Waals surface area contributed by atoms with Crippen LogP contribution < -0.4 is 32.4 Å². The number of nitrogens with one attached hydrogen (secondary N) is 1. The average molecular weight is 1350 g/mol. The van der Waals surface area contributed by atoms with Gasteiger partial charge in [-0.15, -0.1) is 0 Å². The second kappa shape index (κ2) is 34.4. The zero-order chi connectivity index (χ0) is 68.5. The fourth-order valence-corrected chi connectivity index (χ4v) is 8.92. The van der Waals surface area contributed by atoms with E-state index in [9.17, 15) is 51.4 Å². The second-order valence-electron chi connectivity index (χ2n) is 23.8. The molecule has 0 saturated carbocycles. The van der Waals surface area contributed by atoms with Gasteiger partial charge in [0.25, 0.3) is 5.91 Å². The fourth-order valence-electron chi connectivity index (χ4n) is 8.23. The molecule has 3 aromatic rings. The highest BCUT2D eigenvalue weighted by molar-refractivity contribution is 6.34. The van der Waals surface area contributed by atoms with Crippen LogP contribution in [-0.2, 0) is 37.9 Å². The van der Waals surface area contributed by atoms with Crippen LogP contribution >= 0.6 is 34.8 Å². The van der Waals surface area contributed by atoms with Gasteiger partial charge in [-0.05, 0) is 142 Å². The number of amides is 4. The van der Waals surface area contributed by atoms with E-state index in [4.69, 9.17) is 83.3 Å². The molecule has 25 nitrogen and oxygen atoms in total. The van der Waals surface area contributed by atoms with Crippen LogP contribution in [-0.4, -0.2) is 166 Å². The van der Waals surface area contributed by atoms with Crippen molar-refractivity contribution in [2.45, 2.75) is 170 Å². The summed E-state index contributed by atoms with van der Waals surface area (Å²) in [7, 11) is 0. The Morgan fingerprint density at radius 1 is 0.544 bits per heavy atom. The highest BCUT2D eigenvalue weighted by atomic mass is 35.5. The first-order chi connectivity index (χ1) is 40.9. The van der Waals surface area contributed by atoms with Crippen molar-refractivity contribution in [3.05, 3.63) is 91.4 Å². The third-order valence-electron chi connectivity index (χ3n) is 12.0. The lowest BCUT2D eigenvalue weighted by Gasteiger charge is -2.35. The molecule has 3 aromatic carbocycles. The van der Waals surface area contributed by atoms with Crippen molar-refractivity contribution in [2.75, 3.05) is 52.9 Å². The molecule has 3 saturated heterocycles. The van der Waals surface area contributed by atoms with Crippen LogP contribution in [0.2, 0.25) is 15.1 Å². The lowest BCUT2D eigenvalue weighted by Crippen LogP contribution is -2.51. The Hall–Kier alpha value is -6.25. The van der Waals surface area contributed by atoms with E-state index in [1.165, 1.54) is 26.8 Å². The Balaban J connectivity index is 0.000000617. The summed E-state index contributed by atoms with van der Waals surface area (Å²) in [5, 5.41) is 9.01. The molecule has 3 atom stereocenters. The van der Waals surface area contributed by atoms with Crippen molar-refractivity contribution in [2.24, 2.45) is 17.5 Å². The van der Waals surface area contributed by atoms with Crippen molar-refractivity contribution in [3.63, 3.8) is 0 Å². The summed E-state index contributed by atoms with van der Waals surface area (Å²) in [4.78, 5) is 76.0. The molecule has 0 bridgehead atoms.